The van der Waals surface area contributed by atoms with Gasteiger partial charge in [-0.05, 0) is 42.3 Å². The van der Waals surface area contributed by atoms with Crippen molar-refractivity contribution in [3.8, 4) is 0 Å². The third-order valence-electron chi connectivity index (χ3n) is 4.37. The highest BCUT2D eigenvalue weighted by Crippen LogP contribution is 2.18. The van der Waals surface area contributed by atoms with Gasteiger partial charge in [0.2, 0.25) is 0 Å². The topological polar surface area (TPSA) is 49.6 Å². The fourth-order valence-corrected chi connectivity index (χ4v) is 2.96. The molecule has 0 spiro atoms. The summed E-state index contributed by atoms with van der Waals surface area (Å²) in [7, 11) is 0. The lowest BCUT2D eigenvalue weighted by Gasteiger charge is -2.36. The molecule has 0 unspecified atom stereocenters. The molecule has 128 valence electrons. The smallest absolute Gasteiger partial charge is 0.253 e. The highest BCUT2D eigenvalue weighted by molar-refractivity contribution is 5.94. The quantitative estimate of drug-likeness (QED) is 0.930. The zero-order valence-electron chi connectivity index (χ0n) is 13.9. The van der Waals surface area contributed by atoms with Crippen LogP contribution in [0.15, 0.2) is 48.5 Å². The molecular weight excluding hydrogens is 322 g/mol. The first kappa shape index (κ1) is 18.3. The lowest BCUT2D eigenvalue weighted by atomic mass is 10.1. The number of anilines is 1. The van der Waals surface area contributed by atoms with E-state index in [9.17, 15) is 4.79 Å². The second-order valence-electron chi connectivity index (χ2n) is 6.02. The van der Waals surface area contributed by atoms with Crippen molar-refractivity contribution in [2.24, 2.45) is 5.73 Å². The van der Waals surface area contributed by atoms with Gasteiger partial charge in [-0.1, -0.05) is 24.3 Å². The van der Waals surface area contributed by atoms with Crippen molar-refractivity contribution in [1.29, 1.82) is 0 Å². The summed E-state index contributed by atoms with van der Waals surface area (Å²) in [5.74, 6) is 0.109. The predicted molar refractivity (Wildman–Crippen MR) is 101 cm³/mol. The minimum absolute atomic E-state index is 0. The molecule has 24 heavy (non-hydrogen) atoms. The van der Waals surface area contributed by atoms with Crippen LogP contribution in [0.4, 0.5) is 5.69 Å². The van der Waals surface area contributed by atoms with E-state index in [-0.39, 0.29) is 18.3 Å². The Bertz CT molecular complexity index is 679. The Hall–Kier alpha value is -2.04. The molecular formula is C19H24ClN3O. The van der Waals surface area contributed by atoms with E-state index in [0.29, 0.717) is 6.54 Å². The fraction of sp³-hybridized carbons (Fsp3) is 0.316. The summed E-state index contributed by atoms with van der Waals surface area (Å²) in [5, 5.41) is 0. The maximum absolute atomic E-state index is 12.6. The number of nitrogens with two attached hydrogens (primary N) is 1. The number of aryl methyl sites for hydroxylation is 1. The van der Waals surface area contributed by atoms with Crippen LogP contribution < -0.4 is 10.6 Å². The maximum atomic E-state index is 12.6. The molecule has 2 aromatic rings. The number of carbonyl (C=O) groups is 1. The molecule has 0 aromatic heterocycles. The number of rotatable bonds is 3. The number of halogens is 1. The molecule has 3 rings (SSSR count). The molecule has 1 aliphatic heterocycles. The number of carbonyl (C=O) groups excluding carboxylic acids is 1. The Morgan fingerprint density at radius 3 is 2.29 bits per heavy atom. The Morgan fingerprint density at radius 1 is 1.04 bits per heavy atom. The van der Waals surface area contributed by atoms with Crippen LogP contribution in [0.2, 0.25) is 0 Å². The third-order valence-corrected chi connectivity index (χ3v) is 4.37. The van der Waals surface area contributed by atoms with E-state index in [2.05, 4.69) is 36.1 Å². The van der Waals surface area contributed by atoms with E-state index in [1.165, 1.54) is 11.3 Å². The molecule has 2 aromatic carbocycles. The van der Waals surface area contributed by atoms with Gasteiger partial charge in [0.15, 0.2) is 0 Å². The number of hydrogen-bond donors (Lipinski definition) is 1. The summed E-state index contributed by atoms with van der Waals surface area (Å²) >= 11 is 0. The minimum Gasteiger partial charge on any atom is -0.368 e. The van der Waals surface area contributed by atoms with Gasteiger partial charge in [-0.25, -0.2) is 0 Å². The molecule has 1 amide bonds. The van der Waals surface area contributed by atoms with Gasteiger partial charge in [0.1, 0.15) is 0 Å². The second-order valence-corrected chi connectivity index (χ2v) is 6.02. The molecule has 0 bridgehead atoms. The minimum atomic E-state index is 0. The second kappa shape index (κ2) is 8.18. The van der Waals surface area contributed by atoms with Crippen molar-refractivity contribution >= 4 is 24.0 Å². The van der Waals surface area contributed by atoms with Gasteiger partial charge < -0.3 is 15.5 Å². The molecule has 1 aliphatic rings. The van der Waals surface area contributed by atoms with Crippen molar-refractivity contribution in [3.05, 3.63) is 65.2 Å². The molecule has 0 saturated carbocycles. The first-order valence-corrected chi connectivity index (χ1v) is 8.07. The number of piperazine rings is 1. The summed E-state index contributed by atoms with van der Waals surface area (Å²) in [6.07, 6.45) is 0. The zero-order valence-corrected chi connectivity index (χ0v) is 14.8. The average molecular weight is 346 g/mol. The van der Waals surface area contributed by atoms with E-state index in [4.69, 9.17) is 5.73 Å². The van der Waals surface area contributed by atoms with Crippen LogP contribution >= 0.6 is 12.4 Å². The van der Waals surface area contributed by atoms with Crippen molar-refractivity contribution in [2.75, 3.05) is 31.1 Å². The largest absolute Gasteiger partial charge is 0.368 e. The van der Waals surface area contributed by atoms with Gasteiger partial charge in [-0.2, -0.15) is 0 Å². The van der Waals surface area contributed by atoms with E-state index >= 15 is 0 Å². The van der Waals surface area contributed by atoms with Crippen molar-refractivity contribution in [3.63, 3.8) is 0 Å². The summed E-state index contributed by atoms with van der Waals surface area (Å²) in [6.45, 7) is 5.86. The van der Waals surface area contributed by atoms with E-state index in [0.717, 1.165) is 37.3 Å². The Labute approximate surface area is 149 Å². The number of hydrogen-bond acceptors (Lipinski definition) is 3. The van der Waals surface area contributed by atoms with E-state index in [1.54, 1.807) is 0 Å². The normalized spacial score (nSPS) is 14.2. The Balaban J connectivity index is 0.00000208. The van der Waals surface area contributed by atoms with E-state index < -0.39 is 0 Å². The molecule has 0 aliphatic carbocycles. The molecule has 5 heteroatoms. The number of nitrogens with zero attached hydrogens (tertiary/aromatic N) is 2. The van der Waals surface area contributed by atoms with Gasteiger partial charge in [0.05, 0.1) is 0 Å². The number of benzene rings is 2. The van der Waals surface area contributed by atoms with Gasteiger partial charge in [0.25, 0.3) is 5.91 Å². The molecule has 2 N–H and O–H groups in total. The lowest BCUT2D eigenvalue weighted by Crippen LogP contribution is -2.48. The Kier molecular flexibility index (Phi) is 6.23. The van der Waals surface area contributed by atoms with Crippen LogP contribution in [0.25, 0.3) is 0 Å². The lowest BCUT2D eigenvalue weighted by molar-refractivity contribution is 0.0747. The maximum Gasteiger partial charge on any atom is 0.253 e. The van der Waals surface area contributed by atoms with Gasteiger partial charge >= 0.3 is 0 Å². The van der Waals surface area contributed by atoms with Gasteiger partial charge in [0, 0.05) is 44.0 Å². The molecule has 1 fully saturated rings. The van der Waals surface area contributed by atoms with Crippen LogP contribution in [-0.2, 0) is 6.54 Å². The third kappa shape index (κ3) is 4.08. The molecule has 1 heterocycles. The first-order valence-electron chi connectivity index (χ1n) is 8.07. The predicted octanol–water partition coefficient (Wildman–Crippen LogP) is 2.84. The first-order chi connectivity index (χ1) is 11.2. The number of amides is 1. The van der Waals surface area contributed by atoms with Gasteiger partial charge in [-0.15, -0.1) is 12.4 Å². The SMILES string of the molecule is Cc1cccc(N2CCN(C(=O)c3ccc(CN)cc3)CC2)c1.Cl. The van der Waals surface area contributed by atoms with Gasteiger partial charge in [-0.3, -0.25) is 4.79 Å². The van der Waals surface area contributed by atoms with E-state index in [1.807, 2.05) is 29.2 Å². The molecule has 0 radical (unpaired) electrons. The molecule has 0 atom stereocenters. The summed E-state index contributed by atoms with van der Waals surface area (Å²) in [5.41, 5.74) is 9.89. The summed E-state index contributed by atoms with van der Waals surface area (Å²) < 4.78 is 0. The van der Waals surface area contributed by atoms with Crippen molar-refractivity contribution in [2.45, 2.75) is 13.5 Å². The van der Waals surface area contributed by atoms with Crippen LogP contribution in [0.3, 0.4) is 0 Å². The molecule has 1 saturated heterocycles. The summed E-state index contributed by atoms with van der Waals surface area (Å²) in [6, 6.07) is 16.1. The zero-order chi connectivity index (χ0) is 16.2. The van der Waals surface area contributed by atoms with Crippen molar-refractivity contribution < 1.29 is 4.79 Å². The standard InChI is InChI=1S/C19H23N3O.ClH/c1-15-3-2-4-18(13-15)21-9-11-22(12-10-21)19(23)17-7-5-16(14-20)6-8-17;/h2-8,13H,9-12,14,20H2,1H3;1H. The fourth-order valence-electron chi connectivity index (χ4n) is 2.96. The van der Waals surface area contributed by atoms with Crippen LogP contribution in [0, 0.1) is 6.92 Å². The van der Waals surface area contributed by atoms with Crippen LogP contribution in [0.5, 0.6) is 0 Å². The monoisotopic (exact) mass is 345 g/mol. The van der Waals surface area contributed by atoms with Crippen LogP contribution in [0.1, 0.15) is 21.5 Å². The highest BCUT2D eigenvalue weighted by Gasteiger charge is 2.22. The van der Waals surface area contributed by atoms with Crippen LogP contribution in [-0.4, -0.2) is 37.0 Å². The Morgan fingerprint density at radius 2 is 1.71 bits per heavy atom. The average Bonchev–Trinajstić information content (AvgIpc) is 2.61. The van der Waals surface area contributed by atoms with Crippen molar-refractivity contribution in [1.82, 2.24) is 4.90 Å². The highest BCUT2D eigenvalue weighted by atomic mass is 35.5. The molecule has 4 nitrogen and oxygen atoms in total. The summed E-state index contributed by atoms with van der Waals surface area (Å²) in [4.78, 5) is 16.8.